The first-order valence-electron chi connectivity index (χ1n) is 4.09. The van der Waals surface area contributed by atoms with Gasteiger partial charge in [-0.2, -0.15) is 0 Å². The van der Waals surface area contributed by atoms with Crippen molar-refractivity contribution in [2.45, 2.75) is 0 Å². The van der Waals surface area contributed by atoms with Crippen LogP contribution < -0.4 is 3.71 Å². The number of non-ortho nitro benzene ring substituents is 1. The minimum atomic E-state index is -1.24. The summed E-state index contributed by atoms with van der Waals surface area (Å²) in [6, 6.07) is 4.36. The van der Waals surface area contributed by atoms with Crippen LogP contribution >= 0.6 is 27.9 Å². The molecule has 0 saturated heterocycles. The number of halogens is 1. The largest absolute Gasteiger partial charge is 0.271 e. The molecule has 0 amide bonds. The smallest absolute Gasteiger partial charge is 0.258 e. The second-order valence-corrected chi connectivity index (χ2v) is 5.78. The van der Waals surface area contributed by atoms with Gasteiger partial charge in [-0.3, -0.25) is 10.1 Å². The zero-order valence-corrected chi connectivity index (χ0v) is 11.8. The Labute approximate surface area is 108 Å². The summed E-state index contributed by atoms with van der Waals surface area (Å²) in [7, 11) is -1.24. The molecule has 0 saturated carbocycles. The van der Waals surface area contributed by atoms with Crippen LogP contribution in [0.2, 0.25) is 0 Å². The molecule has 0 N–H and O–H groups in total. The number of nitro groups is 1. The van der Waals surface area contributed by atoms with Crippen LogP contribution in [0.4, 0.5) is 11.4 Å². The molecule has 1 aromatic rings. The van der Waals surface area contributed by atoms with Gasteiger partial charge in [-0.1, -0.05) is 0 Å². The molecule has 0 bridgehead atoms. The third-order valence-electron chi connectivity index (χ3n) is 1.74. The molecule has 0 aliphatic rings. The third-order valence-corrected chi connectivity index (χ3v) is 4.68. The summed E-state index contributed by atoms with van der Waals surface area (Å²) >= 11 is 4.52. The zero-order chi connectivity index (χ0) is 12.3. The Morgan fingerprint density at radius 2 is 2.19 bits per heavy atom. The topological polar surface area (TPSA) is 63.4 Å². The maximum Gasteiger partial charge on any atom is 0.271 e. The SMILES string of the molecule is CSN(c1cc([N+](=O)[O-])ccc1Br)S(C)=O. The molecule has 1 rings (SSSR count). The van der Waals surface area contributed by atoms with Gasteiger partial charge in [0.05, 0.1) is 10.6 Å². The first-order valence-corrected chi connectivity index (χ1v) is 7.58. The molecule has 1 aromatic carbocycles. The second-order valence-electron chi connectivity index (χ2n) is 2.76. The van der Waals surface area contributed by atoms with E-state index >= 15 is 0 Å². The van der Waals surface area contributed by atoms with Crippen molar-refractivity contribution in [3.8, 4) is 0 Å². The average molecular weight is 325 g/mol. The fraction of sp³-hybridized carbons (Fsp3) is 0.250. The highest BCUT2D eigenvalue weighted by molar-refractivity contribution is 9.10. The van der Waals surface area contributed by atoms with E-state index in [1.165, 1.54) is 34.0 Å². The van der Waals surface area contributed by atoms with Crippen LogP contribution in [0.3, 0.4) is 0 Å². The lowest BCUT2D eigenvalue weighted by atomic mass is 10.3. The van der Waals surface area contributed by atoms with Crippen LogP contribution in [-0.2, 0) is 11.0 Å². The fourth-order valence-corrected chi connectivity index (χ4v) is 3.37. The van der Waals surface area contributed by atoms with Gasteiger partial charge in [0.2, 0.25) is 0 Å². The summed E-state index contributed by atoms with van der Waals surface area (Å²) in [5.41, 5.74) is 0.505. The average Bonchev–Trinajstić information content (AvgIpc) is 2.20. The highest BCUT2D eigenvalue weighted by Gasteiger charge is 2.17. The van der Waals surface area contributed by atoms with Gasteiger partial charge in [-0.25, -0.2) is 7.92 Å². The van der Waals surface area contributed by atoms with Crippen molar-refractivity contribution in [3.63, 3.8) is 0 Å². The van der Waals surface area contributed by atoms with Gasteiger partial charge in [0.1, 0.15) is 11.0 Å². The highest BCUT2D eigenvalue weighted by atomic mass is 79.9. The van der Waals surface area contributed by atoms with Crippen molar-refractivity contribution in [2.24, 2.45) is 0 Å². The lowest BCUT2D eigenvalue weighted by molar-refractivity contribution is -0.384. The van der Waals surface area contributed by atoms with E-state index in [2.05, 4.69) is 15.9 Å². The van der Waals surface area contributed by atoms with Crippen molar-refractivity contribution in [1.82, 2.24) is 0 Å². The Morgan fingerprint density at radius 3 is 2.62 bits per heavy atom. The van der Waals surface area contributed by atoms with Crippen LogP contribution in [-0.4, -0.2) is 21.6 Å². The van der Waals surface area contributed by atoms with Gasteiger partial charge < -0.3 is 0 Å². The first kappa shape index (κ1) is 13.5. The van der Waals surface area contributed by atoms with Crippen molar-refractivity contribution in [1.29, 1.82) is 0 Å². The molecule has 0 heterocycles. The number of rotatable bonds is 4. The van der Waals surface area contributed by atoms with E-state index in [0.717, 1.165) is 0 Å². The molecule has 0 aromatic heterocycles. The summed E-state index contributed by atoms with van der Waals surface area (Å²) in [6.07, 6.45) is 3.27. The molecule has 0 aliphatic carbocycles. The van der Waals surface area contributed by atoms with Crippen LogP contribution in [0.5, 0.6) is 0 Å². The van der Waals surface area contributed by atoms with Crippen LogP contribution in [0.15, 0.2) is 22.7 Å². The van der Waals surface area contributed by atoms with E-state index in [1.54, 1.807) is 12.3 Å². The second kappa shape index (κ2) is 5.65. The monoisotopic (exact) mass is 324 g/mol. The van der Waals surface area contributed by atoms with Gasteiger partial charge in [0.15, 0.2) is 0 Å². The molecule has 1 unspecified atom stereocenters. The van der Waals surface area contributed by atoms with Gasteiger partial charge in [-0.15, -0.1) is 0 Å². The summed E-state index contributed by atoms with van der Waals surface area (Å²) in [5, 5.41) is 10.6. The molecule has 0 spiro atoms. The predicted octanol–water partition coefficient (Wildman–Crippen LogP) is 2.74. The minimum Gasteiger partial charge on any atom is -0.258 e. The lowest BCUT2D eigenvalue weighted by Crippen LogP contribution is -2.16. The van der Waals surface area contributed by atoms with E-state index < -0.39 is 15.9 Å². The van der Waals surface area contributed by atoms with Crippen molar-refractivity contribution in [3.05, 3.63) is 32.8 Å². The molecule has 8 heteroatoms. The Hall–Kier alpha value is -0.600. The molecule has 0 fully saturated rings. The van der Waals surface area contributed by atoms with Crippen molar-refractivity contribution >= 4 is 50.2 Å². The Bertz CT molecular complexity index is 441. The Kier molecular flexibility index (Phi) is 4.75. The van der Waals surface area contributed by atoms with Gasteiger partial charge >= 0.3 is 0 Å². The molecule has 0 radical (unpaired) electrons. The first-order chi connectivity index (χ1) is 7.47. The maximum atomic E-state index is 11.4. The fourth-order valence-electron chi connectivity index (χ4n) is 1.10. The zero-order valence-electron chi connectivity index (χ0n) is 8.55. The Balaban J connectivity index is 3.25. The number of hydrogen-bond donors (Lipinski definition) is 0. The summed E-state index contributed by atoms with van der Waals surface area (Å²) < 4.78 is 13.6. The molecular weight excluding hydrogens is 316 g/mol. The van der Waals surface area contributed by atoms with Crippen LogP contribution in [0.25, 0.3) is 0 Å². The van der Waals surface area contributed by atoms with Crippen LogP contribution in [0, 0.1) is 10.1 Å². The number of benzene rings is 1. The minimum absolute atomic E-state index is 0.0253. The quantitative estimate of drug-likeness (QED) is 0.485. The predicted molar refractivity (Wildman–Crippen MR) is 70.9 cm³/mol. The standard InChI is InChI=1S/C8H9BrN2O3S2/c1-15-11(16(2)14)8-5-6(10(12)13)3-4-7(8)9/h3-5H,1-2H3. The maximum absolute atomic E-state index is 11.4. The van der Waals surface area contributed by atoms with Gasteiger partial charge in [0, 0.05) is 29.1 Å². The van der Waals surface area contributed by atoms with Gasteiger partial charge in [-0.05, 0) is 33.9 Å². The van der Waals surface area contributed by atoms with E-state index in [1.807, 2.05) is 0 Å². The Morgan fingerprint density at radius 1 is 1.56 bits per heavy atom. The lowest BCUT2D eigenvalue weighted by Gasteiger charge is -2.18. The molecule has 16 heavy (non-hydrogen) atoms. The number of anilines is 1. The van der Waals surface area contributed by atoms with E-state index in [-0.39, 0.29) is 5.69 Å². The molecule has 88 valence electrons. The number of hydrogen-bond acceptors (Lipinski definition) is 4. The number of nitrogens with zero attached hydrogens (tertiary/aromatic N) is 2. The third kappa shape index (κ3) is 2.96. The number of nitro benzene ring substituents is 1. The van der Waals surface area contributed by atoms with E-state index in [4.69, 9.17) is 0 Å². The summed E-state index contributed by atoms with van der Waals surface area (Å²) in [5.74, 6) is 0. The van der Waals surface area contributed by atoms with E-state index in [9.17, 15) is 14.3 Å². The summed E-state index contributed by atoms with van der Waals surface area (Å²) in [4.78, 5) is 10.2. The van der Waals surface area contributed by atoms with Crippen molar-refractivity contribution < 1.29 is 9.13 Å². The highest BCUT2D eigenvalue weighted by Crippen LogP contribution is 2.33. The van der Waals surface area contributed by atoms with Crippen molar-refractivity contribution in [2.75, 3.05) is 16.2 Å². The molecule has 5 nitrogen and oxygen atoms in total. The molecule has 1 atom stereocenters. The van der Waals surface area contributed by atoms with E-state index in [0.29, 0.717) is 10.2 Å². The molecular formula is C8H9BrN2O3S2. The normalized spacial score (nSPS) is 12.2. The van der Waals surface area contributed by atoms with Crippen LogP contribution in [0.1, 0.15) is 0 Å². The molecule has 0 aliphatic heterocycles. The summed E-state index contributed by atoms with van der Waals surface area (Å²) in [6.45, 7) is 0. The van der Waals surface area contributed by atoms with Gasteiger partial charge in [0.25, 0.3) is 5.69 Å².